The molecule has 0 unspecified atom stereocenters. The summed E-state index contributed by atoms with van der Waals surface area (Å²) >= 11 is 0. The van der Waals surface area contributed by atoms with Gasteiger partial charge in [0.2, 0.25) is 5.91 Å². The largest absolute Gasteiger partial charge is 0.397 e. The number of nitrogens with one attached hydrogen (secondary N) is 1. The number of anilines is 2. The molecule has 4 nitrogen and oxygen atoms in total. The number of carbonyl (C=O) groups is 1. The first-order valence-electron chi connectivity index (χ1n) is 7.19. The van der Waals surface area contributed by atoms with E-state index in [-0.39, 0.29) is 11.6 Å². The van der Waals surface area contributed by atoms with Crippen molar-refractivity contribution in [2.45, 2.75) is 38.6 Å². The summed E-state index contributed by atoms with van der Waals surface area (Å²) in [6, 6.07) is 4.72. The summed E-state index contributed by atoms with van der Waals surface area (Å²) in [7, 11) is 0. The Kier molecular flexibility index (Phi) is 4.95. The van der Waals surface area contributed by atoms with Gasteiger partial charge in [-0.3, -0.25) is 4.79 Å². The van der Waals surface area contributed by atoms with Crippen LogP contribution in [0.2, 0.25) is 0 Å². The van der Waals surface area contributed by atoms with Gasteiger partial charge in [-0.2, -0.15) is 0 Å². The first-order chi connectivity index (χ1) is 9.60. The molecule has 0 atom stereocenters. The van der Waals surface area contributed by atoms with Gasteiger partial charge < -0.3 is 16.0 Å². The Morgan fingerprint density at radius 3 is 2.85 bits per heavy atom. The lowest BCUT2D eigenvalue weighted by Crippen LogP contribution is -2.27. The van der Waals surface area contributed by atoms with Gasteiger partial charge in [-0.15, -0.1) is 0 Å². The number of carbonyl (C=O) groups excluding carboxylic acids is 1. The van der Waals surface area contributed by atoms with Crippen molar-refractivity contribution in [3.05, 3.63) is 24.0 Å². The van der Waals surface area contributed by atoms with E-state index in [1.54, 1.807) is 0 Å². The zero-order chi connectivity index (χ0) is 14.5. The molecular weight excluding hydrogens is 257 g/mol. The third-order valence-corrected chi connectivity index (χ3v) is 3.61. The Hall–Kier alpha value is -1.62. The first kappa shape index (κ1) is 14.8. The van der Waals surface area contributed by atoms with Crippen LogP contribution >= 0.6 is 0 Å². The van der Waals surface area contributed by atoms with Crippen molar-refractivity contribution >= 4 is 17.3 Å². The number of amides is 1. The maximum atomic E-state index is 12.9. The molecule has 0 radical (unpaired) electrons. The van der Waals surface area contributed by atoms with Gasteiger partial charge in [0.15, 0.2) is 0 Å². The molecule has 5 heteroatoms. The second kappa shape index (κ2) is 6.70. The second-order valence-electron chi connectivity index (χ2n) is 5.24. The fourth-order valence-corrected chi connectivity index (χ4v) is 2.34. The molecule has 1 aromatic carbocycles. The van der Waals surface area contributed by atoms with E-state index in [1.807, 2.05) is 0 Å². The van der Waals surface area contributed by atoms with E-state index in [2.05, 4.69) is 17.1 Å². The smallest absolute Gasteiger partial charge is 0.224 e. The van der Waals surface area contributed by atoms with Crippen molar-refractivity contribution in [3.63, 3.8) is 0 Å². The van der Waals surface area contributed by atoms with E-state index in [4.69, 9.17) is 5.73 Å². The summed E-state index contributed by atoms with van der Waals surface area (Å²) in [6.45, 7) is 4.14. The average Bonchev–Trinajstić information content (AvgIpc) is 3.22. The zero-order valence-corrected chi connectivity index (χ0v) is 11.9. The molecule has 1 aromatic rings. The van der Waals surface area contributed by atoms with Gasteiger partial charge in [-0.05, 0) is 50.6 Å². The molecule has 3 N–H and O–H groups in total. The summed E-state index contributed by atoms with van der Waals surface area (Å²) < 4.78 is 12.9. The Labute approximate surface area is 119 Å². The fourth-order valence-electron chi connectivity index (χ4n) is 2.34. The van der Waals surface area contributed by atoms with Crippen molar-refractivity contribution < 1.29 is 9.18 Å². The molecule has 0 heterocycles. The second-order valence-corrected chi connectivity index (χ2v) is 5.24. The van der Waals surface area contributed by atoms with Crippen LogP contribution in [-0.2, 0) is 4.79 Å². The highest BCUT2D eigenvalue weighted by Gasteiger charge is 2.27. The number of nitrogen functional groups attached to an aromatic ring is 1. The molecule has 0 bridgehead atoms. The number of rotatable bonds is 7. The monoisotopic (exact) mass is 279 g/mol. The first-order valence-corrected chi connectivity index (χ1v) is 7.19. The van der Waals surface area contributed by atoms with Gasteiger partial charge in [-0.1, -0.05) is 6.92 Å². The van der Waals surface area contributed by atoms with Crippen molar-refractivity contribution in [1.82, 2.24) is 4.90 Å². The van der Waals surface area contributed by atoms with E-state index in [1.165, 1.54) is 31.0 Å². The normalized spacial score (nSPS) is 14.6. The van der Waals surface area contributed by atoms with Gasteiger partial charge in [0, 0.05) is 12.5 Å². The number of halogens is 1. The molecule has 0 aromatic heterocycles. The van der Waals surface area contributed by atoms with Crippen molar-refractivity contribution in [2.24, 2.45) is 0 Å². The summed E-state index contributed by atoms with van der Waals surface area (Å²) in [6.07, 6.45) is 3.86. The molecule has 0 spiro atoms. The molecule has 2 rings (SSSR count). The number of hydrogen-bond acceptors (Lipinski definition) is 3. The highest BCUT2D eigenvalue weighted by molar-refractivity contribution is 5.93. The van der Waals surface area contributed by atoms with Gasteiger partial charge in [0.1, 0.15) is 5.82 Å². The van der Waals surface area contributed by atoms with Gasteiger partial charge in [0.05, 0.1) is 11.4 Å². The quantitative estimate of drug-likeness (QED) is 0.754. The van der Waals surface area contributed by atoms with Crippen LogP contribution in [0.4, 0.5) is 15.8 Å². The topological polar surface area (TPSA) is 58.4 Å². The van der Waals surface area contributed by atoms with Gasteiger partial charge in [0.25, 0.3) is 0 Å². The van der Waals surface area contributed by atoms with Gasteiger partial charge in [-0.25, -0.2) is 4.39 Å². The number of benzene rings is 1. The Morgan fingerprint density at radius 2 is 2.25 bits per heavy atom. The lowest BCUT2D eigenvalue weighted by Gasteiger charge is -2.19. The van der Waals surface area contributed by atoms with Crippen LogP contribution in [0.25, 0.3) is 0 Å². The van der Waals surface area contributed by atoms with Crippen LogP contribution < -0.4 is 11.1 Å². The van der Waals surface area contributed by atoms with Crippen molar-refractivity contribution in [2.75, 3.05) is 24.1 Å². The van der Waals surface area contributed by atoms with Crippen LogP contribution in [0.3, 0.4) is 0 Å². The van der Waals surface area contributed by atoms with Crippen LogP contribution in [-0.4, -0.2) is 29.9 Å². The predicted octanol–water partition coefficient (Wildman–Crippen LogP) is 2.61. The molecule has 110 valence electrons. The Bertz CT molecular complexity index is 474. The van der Waals surface area contributed by atoms with Crippen molar-refractivity contribution in [3.8, 4) is 0 Å². The van der Waals surface area contributed by atoms with Crippen LogP contribution in [0.15, 0.2) is 18.2 Å². The molecular formula is C15H22FN3O. The lowest BCUT2D eigenvalue weighted by atomic mass is 10.2. The molecule has 0 saturated heterocycles. The molecule has 1 aliphatic carbocycles. The standard InChI is InChI=1S/C15H22FN3O/c1-2-19(12-6-7-12)9-3-4-15(20)18-14-8-5-11(16)10-13(14)17/h5,8,10,12H,2-4,6-7,9,17H2,1H3,(H,18,20). The number of nitrogens with zero attached hydrogens (tertiary/aromatic N) is 1. The van der Waals surface area contributed by atoms with Crippen LogP contribution in [0.5, 0.6) is 0 Å². The highest BCUT2D eigenvalue weighted by Crippen LogP contribution is 2.26. The molecule has 20 heavy (non-hydrogen) atoms. The lowest BCUT2D eigenvalue weighted by molar-refractivity contribution is -0.116. The Morgan fingerprint density at radius 1 is 1.50 bits per heavy atom. The van der Waals surface area contributed by atoms with E-state index >= 15 is 0 Å². The molecule has 1 aliphatic rings. The summed E-state index contributed by atoms with van der Waals surface area (Å²) in [5.41, 5.74) is 6.39. The fraction of sp³-hybridized carbons (Fsp3) is 0.533. The van der Waals surface area contributed by atoms with Crippen LogP contribution in [0, 0.1) is 5.82 Å². The summed E-state index contributed by atoms with van der Waals surface area (Å²) in [4.78, 5) is 14.2. The third-order valence-electron chi connectivity index (χ3n) is 3.61. The van der Waals surface area contributed by atoms with E-state index < -0.39 is 5.82 Å². The maximum Gasteiger partial charge on any atom is 0.224 e. The Balaban J connectivity index is 1.74. The van der Waals surface area contributed by atoms with E-state index in [9.17, 15) is 9.18 Å². The highest BCUT2D eigenvalue weighted by atomic mass is 19.1. The van der Waals surface area contributed by atoms with Gasteiger partial charge >= 0.3 is 0 Å². The average molecular weight is 279 g/mol. The van der Waals surface area contributed by atoms with Crippen molar-refractivity contribution in [1.29, 1.82) is 0 Å². The number of hydrogen-bond donors (Lipinski definition) is 2. The predicted molar refractivity (Wildman–Crippen MR) is 78.9 cm³/mol. The minimum absolute atomic E-state index is 0.0739. The van der Waals surface area contributed by atoms with E-state index in [0.29, 0.717) is 12.1 Å². The summed E-state index contributed by atoms with van der Waals surface area (Å²) in [5.74, 6) is -0.473. The molecule has 1 fully saturated rings. The molecule has 0 aliphatic heterocycles. The summed E-state index contributed by atoms with van der Waals surface area (Å²) in [5, 5.41) is 2.72. The van der Waals surface area contributed by atoms with E-state index in [0.717, 1.165) is 25.6 Å². The molecule has 1 saturated carbocycles. The molecule has 1 amide bonds. The minimum Gasteiger partial charge on any atom is -0.397 e. The SMILES string of the molecule is CCN(CCCC(=O)Nc1ccc(F)cc1N)C1CC1. The maximum absolute atomic E-state index is 12.9. The minimum atomic E-state index is -0.400. The van der Waals surface area contributed by atoms with Crippen LogP contribution in [0.1, 0.15) is 32.6 Å². The zero-order valence-electron chi connectivity index (χ0n) is 11.9. The third kappa shape index (κ3) is 4.20. The number of nitrogens with two attached hydrogens (primary N) is 1.